The van der Waals surface area contributed by atoms with Crippen LogP contribution in [0.5, 0.6) is 0 Å². The van der Waals surface area contributed by atoms with Crippen LogP contribution in [0.25, 0.3) is 0 Å². The lowest BCUT2D eigenvalue weighted by atomic mass is 9.76. The number of carbonyl (C=O) groups excluding carboxylic acids is 1. The molecule has 1 aromatic rings. The molecule has 1 N–H and O–H groups in total. The zero-order valence-corrected chi connectivity index (χ0v) is 10.7. The van der Waals surface area contributed by atoms with Crippen LogP contribution in [0.4, 0.5) is 0 Å². The van der Waals surface area contributed by atoms with Gasteiger partial charge in [0.05, 0.1) is 18.6 Å². The summed E-state index contributed by atoms with van der Waals surface area (Å²) in [6, 6.07) is 8.18. The zero-order chi connectivity index (χ0) is 12.7. The first-order valence-corrected chi connectivity index (χ1v) is 6.71. The maximum Gasteiger partial charge on any atom is 0.230 e. The van der Waals surface area contributed by atoms with Crippen molar-refractivity contribution < 1.29 is 9.90 Å². The molecule has 96 valence electrons. The van der Waals surface area contributed by atoms with Gasteiger partial charge in [-0.05, 0) is 29.9 Å². The van der Waals surface area contributed by atoms with Crippen LogP contribution in [-0.2, 0) is 11.2 Å². The van der Waals surface area contributed by atoms with Gasteiger partial charge < -0.3 is 10.0 Å². The van der Waals surface area contributed by atoms with Crippen LogP contribution in [0.15, 0.2) is 24.3 Å². The number of fused-ring (bicyclic) bond motifs is 1. The zero-order valence-electron chi connectivity index (χ0n) is 10.7. The molecule has 0 spiro atoms. The molecule has 0 radical (unpaired) electrons. The van der Waals surface area contributed by atoms with Crippen molar-refractivity contribution in [2.24, 2.45) is 5.92 Å². The number of nitrogens with zero attached hydrogens (tertiary/aromatic N) is 1. The van der Waals surface area contributed by atoms with Crippen molar-refractivity contribution in [2.45, 2.75) is 31.7 Å². The van der Waals surface area contributed by atoms with E-state index < -0.39 is 0 Å². The third-order valence-corrected chi connectivity index (χ3v) is 4.51. The van der Waals surface area contributed by atoms with Crippen LogP contribution in [0.1, 0.15) is 30.4 Å². The quantitative estimate of drug-likeness (QED) is 0.859. The smallest absolute Gasteiger partial charge is 0.230 e. The minimum atomic E-state index is 0.0188. The van der Waals surface area contributed by atoms with E-state index in [4.69, 9.17) is 0 Å². The third-order valence-electron chi connectivity index (χ3n) is 4.51. The highest BCUT2D eigenvalue weighted by molar-refractivity contribution is 5.87. The highest BCUT2D eigenvalue weighted by atomic mass is 16.3. The predicted molar refractivity (Wildman–Crippen MR) is 69.3 cm³/mol. The average molecular weight is 245 g/mol. The van der Waals surface area contributed by atoms with E-state index in [0.717, 1.165) is 19.4 Å². The molecule has 1 aromatic carbocycles. The van der Waals surface area contributed by atoms with Crippen LogP contribution in [0, 0.1) is 5.92 Å². The number of aliphatic hydroxyl groups is 1. The second-order valence-electron chi connectivity index (χ2n) is 5.50. The largest absolute Gasteiger partial charge is 0.394 e. The molecule has 0 saturated carbocycles. The van der Waals surface area contributed by atoms with Gasteiger partial charge in [-0.2, -0.15) is 0 Å². The summed E-state index contributed by atoms with van der Waals surface area (Å²) in [6.07, 6.45) is 1.86. The molecule has 3 heteroatoms. The van der Waals surface area contributed by atoms with Crippen molar-refractivity contribution in [3.05, 3.63) is 35.4 Å². The van der Waals surface area contributed by atoms with Gasteiger partial charge in [0, 0.05) is 6.54 Å². The molecule has 1 heterocycles. The molecule has 1 fully saturated rings. The summed E-state index contributed by atoms with van der Waals surface area (Å²) in [5.74, 6) is 0.645. The fourth-order valence-electron chi connectivity index (χ4n) is 3.24. The number of benzene rings is 1. The molecule has 2 aliphatic rings. The maximum atomic E-state index is 12.5. The van der Waals surface area contributed by atoms with Gasteiger partial charge in [-0.1, -0.05) is 31.2 Å². The molecule has 3 rings (SSSR count). The van der Waals surface area contributed by atoms with E-state index in [1.165, 1.54) is 11.1 Å². The Morgan fingerprint density at radius 3 is 2.94 bits per heavy atom. The monoisotopic (exact) mass is 245 g/mol. The Hall–Kier alpha value is -1.35. The van der Waals surface area contributed by atoms with Crippen molar-refractivity contribution >= 4 is 5.91 Å². The number of carbonyl (C=O) groups is 1. The van der Waals surface area contributed by atoms with E-state index in [2.05, 4.69) is 19.1 Å². The van der Waals surface area contributed by atoms with E-state index in [9.17, 15) is 9.90 Å². The molecule has 1 aliphatic carbocycles. The van der Waals surface area contributed by atoms with E-state index in [0.29, 0.717) is 5.92 Å². The lowest BCUT2D eigenvalue weighted by molar-refractivity contribution is -0.135. The number of aliphatic hydroxyl groups excluding tert-OH is 1. The maximum absolute atomic E-state index is 12.5. The van der Waals surface area contributed by atoms with Crippen LogP contribution < -0.4 is 0 Å². The van der Waals surface area contributed by atoms with Gasteiger partial charge in [0.15, 0.2) is 0 Å². The summed E-state index contributed by atoms with van der Waals surface area (Å²) >= 11 is 0. The highest BCUT2D eigenvalue weighted by Gasteiger charge is 2.40. The van der Waals surface area contributed by atoms with Crippen LogP contribution >= 0.6 is 0 Å². The second kappa shape index (κ2) is 4.39. The van der Waals surface area contributed by atoms with E-state index >= 15 is 0 Å². The third kappa shape index (κ3) is 1.65. The molecule has 3 unspecified atom stereocenters. The van der Waals surface area contributed by atoms with E-state index in [-0.39, 0.29) is 24.5 Å². The topological polar surface area (TPSA) is 40.5 Å². The van der Waals surface area contributed by atoms with E-state index in [1.807, 2.05) is 17.0 Å². The molecule has 3 nitrogen and oxygen atoms in total. The van der Waals surface area contributed by atoms with Gasteiger partial charge in [0.25, 0.3) is 0 Å². The SMILES string of the molecule is CC1CCN(C(=O)C2Cc3ccccc32)C1CO. The normalized spacial score (nSPS) is 29.9. The van der Waals surface area contributed by atoms with Crippen LogP contribution in [0.2, 0.25) is 0 Å². The first kappa shape index (κ1) is 11.7. The molecule has 0 aromatic heterocycles. The van der Waals surface area contributed by atoms with Gasteiger partial charge in [0.1, 0.15) is 0 Å². The van der Waals surface area contributed by atoms with Gasteiger partial charge in [-0.15, -0.1) is 0 Å². The molecule has 0 bridgehead atoms. The molecular formula is C15H19NO2. The average Bonchev–Trinajstić information content (AvgIpc) is 2.71. The second-order valence-corrected chi connectivity index (χ2v) is 5.50. The van der Waals surface area contributed by atoms with Crippen molar-refractivity contribution in [2.75, 3.05) is 13.2 Å². The van der Waals surface area contributed by atoms with Crippen molar-refractivity contribution in [3.8, 4) is 0 Å². The van der Waals surface area contributed by atoms with Crippen molar-refractivity contribution in [3.63, 3.8) is 0 Å². The van der Waals surface area contributed by atoms with Gasteiger partial charge in [-0.25, -0.2) is 0 Å². The predicted octanol–water partition coefficient (Wildman–Crippen LogP) is 1.56. The van der Waals surface area contributed by atoms with Crippen molar-refractivity contribution in [1.82, 2.24) is 4.90 Å². The summed E-state index contributed by atoms with van der Waals surface area (Å²) < 4.78 is 0. The Morgan fingerprint density at radius 1 is 1.44 bits per heavy atom. The Kier molecular flexibility index (Phi) is 2.86. The Labute approximate surface area is 107 Å². The molecule has 1 saturated heterocycles. The van der Waals surface area contributed by atoms with Crippen LogP contribution in [-0.4, -0.2) is 35.1 Å². The lowest BCUT2D eigenvalue weighted by Gasteiger charge is -2.35. The van der Waals surface area contributed by atoms with Gasteiger partial charge >= 0.3 is 0 Å². The van der Waals surface area contributed by atoms with Crippen molar-refractivity contribution in [1.29, 1.82) is 0 Å². The summed E-state index contributed by atoms with van der Waals surface area (Å²) in [7, 11) is 0. The van der Waals surface area contributed by atoms with Gasteiger partial charge in [-0.3, -0.25) is 4.79 Å². The first-order chi connectivity index (χ1) is 8.72. The number of hydrogen-bond acceptors (Lipinski definition) is 2. The number of hydrogen-bond donors (Lipinski definition) is 1. The fraction of sp³-hybridized carbons (Fsp3) is 0.533. The molecule has 18 heavy (non-hydrogen) atoms. The van der Waals surface area contributed by atoms with E-state index in [1.54, 1.807) is 0 Å². The standard InChI is InChI=1S/C15H19NO2/c1-10-6-7-16(14(10)9-17)15(18)13-8-11-4-2-3-5-12(11)13/h2-5,10,13-14,17H,6-9H2,1H3. The fourth-order valence-corrected chi connectivity index (χ4v) is 3.24. The minimum absolute atomic E-state index is 0.0188. The van der Waals surface area contributed by atoms with Gasteiger partial charge in [0.2, 0.25) is 5.91 Å². The Balaban J connectivity index is 1.77. The first-order valence-electron chi connectivity index (χ1n) is 6.71. The molecular weight excluding hydrogens is 226 g/mol. The Bertz CT molecular complexity index is 471. The highest BCUT2D eigenvalue weighted by Crippen LogP contribution is 2.38. The summed E-state index contributed by atoms with van der Waals surface area (Å²) in [4.78, 5) is 14.4. The summed E-state index contributed by atoms with van der Waals surface area (Å²) in [5.41, 5.74) is 2.47. The molecule has 1 aliphatic heterocycles. The number of rotatable bonds is 2. The number of likely N-dealkylation sites (tertiary alicyclic amines) is 1. The lowest BCUT2D eigenvalue weighted by Crippen LogP contribution is -2.44. The minimum Gasteiger partial charge on any atom is -0.394 e. The molecule has 3 atom stereocenters. The molecule has 1 amide bonds. The summed E-state index contributed by atoms with van der Waals surface area (Å²) in [5, 5.41) is 9.43. The Morgan fingerprint density at radius 2 is 2.22 bits per heavy atom. The number of amides is 1. The summed E-state index contributed by atoms with van der Waals surface area (Å²) in [6.45, 7) is 2.99. The van der Waals surface area contributed by atoms with Crippen LogP contribution in [0.3, 0.4) is 0 Å².